The van der Waals surface area contributed by atoms with E-state index in [1.165, 1.54) is 12.1 Å². The average molecular weight is 531 g/mol. The van der Waals surface area contributed by atoms with Gasteiger partial charge < -0.3 is 20.5 Å². The molecule has 2 aliphatic heterocycles. The molecule has 9 heteroatoms. The van der Waals surface area contributed by atoms with E-state index in [2.05, 4.69) is 15.6 Å². The number of carbonyl (C=O) groups is 3. The summed E-state index contributed by atoms with van der Waals surface area (Å²) in [7, 11) is 0. The Labute approximate surface area is 223 Å². The smallest absolute Gasteiger partial charge is 0.255 e. The molecule has 192 valence electrons. The summed E-state index contributed by atoms with van der Waals surface area (Å²) >= 11 is 6.05. The van der Waals surface area contributed by atoms with Crippen LogP contribution in [0.4, 0.5) is 4.39 Å². The number of nitrogens with one attached hydrogen (secondary N) is 3. The van der Waals surface area contributed by atoms with Crippen LogP contribution in [0.3, 0.4) is 0 Å². The molecule has 1 aromatic heterocycles. The van der Waals surface area contributed by atoms with Crippen LogP contribution in [0.1, 0.15) is 45.7 Å². The molecule has 0 radical (unpaired) electrons. The van der Waals surface area contributed by atoms with Crippen molar-refractivity contribution in [3.05, 3.63) is 106 Å². The van der Waals surface area contributed by atoms with Gasteiger partial charge in [0.15, 0.2) is 0 Å². The summed E-state index contributed by atoms with van der Waals surface area (Å²) in [5.74, 6) is -1.67. The lowest BCUT2D eigenvalue weighted by Gasteiger charge is -2.37. The maximum Gasteiger partial charge on any atom is 0.255 e. The topological polar surface area (TPSA) is 94.3 Å². The molecule has 3 atom stereocenters. The number of fused-ring (bicyclic) bond motifs is 7. The highest BCUT2D eigenvalue weighted by Crippen LogP contribution is 2.46. The number of benzene rings is 3. The number of aromatic amines is 1. The maximum atomic E-state index is 14.1. The Bertz CT molecular complexity index is 1600. The van der Waals surface area contributed by atoms with Crippen molar-refractivity contribution < 1.29 is 18.8 Å². The van der Waals surface area contributed by atoms with Crippen molar-refractivity contribution in [3.63, 3.8) is 0 Å². The molecular weight excluding hydrogens is 507 g/mol. The van der Waals surface area contributed by atoms with E-state index in [1.807, 2.05) is 42.5 Å². The molecule has 4 aromatic rings. The first-order chi connectivity index (χ1) is 18.3. The summed E-state index contributed by atoms with van der Waals surface area (Å²) in [6.45, 7) is 1.43. The van der Waals surface area contributed by atoms with Crippen molar-refractivity contribution in [2.75, 3.05) is 0 Å². The molecule has 0 unspecified atom stereocenters. The third-order valence-electron chi connectivity index (χ3n) is 7.41. The van der Waals surface area contributed by atoms with E-state index >= 15 is 0 Å². The zero-order valence-corrected chi connectivity index (χ0v) is 21.2. The lowest BCUT2D eigenvalue weighted by Crippen LogP contribution is -2.55. The van der Waals surface area contributed by atoms with Crippen LogP contribution < -0.4 is 10.6 Å². The molecule has 38 heavy (non-hydrogen) atoms. The van der Waals surface area contributed by atoms with Gasteiger partial charge in [0.05, 0.1) is 6.04 Å². The minimum Gasteiger partial charge on any atom is -0.356 e. The van der Waals surface area contributed by atoms with Gasteiger partial charge in [-0.05, 0) is 42.3 Å². The van der Waals surface area contributed by atoms with Gasteiger partial charge in [0.1, 0.15) is 17.9 Å². The Hall–Kier alpha value is -4.17. The number of halogens is 2. The van der Waals surface area contributed by atoms with Crippen LogP contribution >= 0.6 is 11.6 Å². The minimum atomic E-state index is -0.920. The van der Waals surface area contributed by atoms with Crippen molar-refractivity contribution in [2.24, 2.45) is 0 Å². The molecule has 0 spiro atoms. The predicted molar refractivity (Wildman–Crippen MR) is 141 cm³/mol. The van der Waals surface area contributed by atoms with Gasteiger partial charge in [-0.15, -0.1) is 0 Å². The summed E-state index contributed by atoms with van der Waals surface area (Å²) in [5.41, 5.74) is 4.40. The molecule has 7 nitrogen and oxygen atoms in total. The predicted octanol–water partition coefficient (Wildman–Crippen LogP) is 4.25. The van der Waals surface area contributed by atoms with Gasteiger partial charge in [-0.25, -0.2) is 4.39 Å². The number of amides is 3. The fourth-order valence-corrected chi connectivity index (χ4v) is 5.77. The number of hydrogen-bond acceptors (Lipinski definition) is 3. The Morgan fingerprint density at radius 1 is 1.11 bits per heavy atom. The molecule has 3 N–H and O–H groups in total. The summed E-state index contributed by atoms with van der Waals surface area (Å²) < 4.78 is 14.1. The van der Waals surface area contributed by atoms with Crippen LogP contribution in [0.2, 0.25) is 5.02 Å². The average Bonchev–Trinajstić information content (AvgIpc) is 3.43. The lowest BCUT2D eigenvalue weighted by molar-refractivity contribution is -0.131. The number of para-hydroxylation sites is 1. The quantitative estimate of drug-likeness (QED) is 0.360. The molecule has 6 rings (SSSR count). The first-order valence-electron chi connectivity index (χ1n) is 12.4. The van der Waals surface area contributed by atoms with E-state index < -0.39 is 35.8 Å². The van der Waals surface area contributed by atoms with E-state index in [4.69, 9.17) is 11.6 Å². The van der Waals surface area contributed by atoms with Gasteiger partial charge in [0, 0.05) is 45.7 Å². The van der Waals surface area contributed by atoms with E-state index in [0.717, 1.165) is 27.7 Å². The molecule has 0 fully saturated rings. The van der Waals surface area contributed by atoms with Crippen molar-refractivity contribution >= 4 is 40.2 Å². The summed E-state index contributed by atoms with van der Waals surface area (Å²) in [4.78, 5) is 45.0. The Morgan fingerprint density at radius 3 is 2.68 bits per heavy atom. The molecule has 0 saturated carbocycles. The molecule has 0 aliphatic carbocycles. The number of nitrogens with zero attached hydrogens (tertiary/aromatic N) is 1. The van der Waals surface area contributed by atoms with Gasteiger partial charge in [0.25, 0.3) is 5.91 Å². The van der Waals surface area contributed by atoms with E-state index in [0.29, 0.717) is 12.0 Å². The Morgan fingerprint density at radius 2 is 1.87 bits per heavy atom. The third kappa shape index (κ3) is 3.83. The molecule has 0 bridgehead atoms. The first kappa shape index (κ1) is 24.2. The van der Waals surface area contributed by atoms with Crippen LogP contribution in [0, 0.1) is 5.82 Å². The fourth-order valence-electron chi connectivity index (χ4n) is 5.54. The molecule has 2 aliphatic rings. The molecular formula is C29H24ClFN4O3. The second kappa shape index (κ2) is 9.29. The second-order valence-electron chi connectivity index (χ2n) is 9.63. The van der Waals surface area contributed by atoms with E-state index in [9.17, 15) is 18.8 Å². The van der Waals surface area contributed by atoms with Crippen molar-refractivity contribution in [3.8, 4) is 0 Å². The second-order valence-corrected chi connectivity index (χ2v) is 10.0. The SMILES string of the molecule is C[C@H](NC(=O)[C@@H]1Cc2c([nH]c3ccccc23)[C@H]2c3ccccc3C(=O)N21)C(=O)NCc1c(F)cccc1Cl. The van der Waals surface area contributed by atoms with Crippen LogP contribution in [0.25, 0.3) is 10.9 Å². The number of aromatic nitrogens is 1. The Balaban J connectivity index is 1.27. The number of carbonyl (C=O) groups excluding carboxylic acids is 3. The van der Waals surface area contributed by atoms with Crippen molar-refractivity contribution in [1.29, 1.82) is 0 Å². The normalized spacial score (nSPS) is 18.5. The largest absolute Gasteiger partial charge is 0.356 e. The van der Waals surface area contributed by atoms with Gasteiger partial charge in [-0.2, -0.15) is 0 Å². The van der Waals surface area contributed by atoms with Crippen LogP contribution in [0.15, 0.2) is 66.7 Å². The highest BCUT2D eigenvalue weighted by molar-refractivity contribution is 6.31. The number of rotatable bonds is 5. The van der Waals surface area contributed by atoms with E-state index in [1.54, 1.807) is 24.0 Å². The lowest BCUT2D eigenvalue weighted by atomic mass is 9.90. The highest BCUT2D eigenvalue weighted by atomic mass is 35.5. The van der Waals surface area contributed by atoms with E-state index in [-0.39, 0.29) is 23.0 Å². The Kier molecular flexibility index (Phi) is 5.91. The van der Waals surface area contributed by atoms with Crippen molar-refractivity contribution in [2.45, 2.75) is 38.0 Å². The molecule has 3 amide bonds. The van der Waals surface area contributed by atoms with Gasteiger partial charge in [0.2, 0.25) is 11.8 Å². The minimum absolute atomic E-state index is 0.116. The van der Waals surface area contributed by atoms with Crippen LogP contribution in [-0.4, -0.2) is 39.7 Å². The number of hydrogen-bond donors (Lipinski definition) is 3. The fraction of sp³-hybridized carbons (Fsp3) is 0.207. The van der Waals surface area contributed by atoms with Gasteiger partial charge in [-0.1, -0.05) is 54.1 Å². The summed E-state index contributed by atoms with van der Waals surface area (Å²) in [6.07, 6.45) is 0.306. The molecule has 3 aromatic carbocycles. The van der Waals surface area contributed by atoms with Crippen LogP contribution in [-0.2, 0) is 22.6 Å². The van der Waals surface area contributed by atoms with Crippen molar-refractivity contribution in [1.82, 2.24) is 20.5 Å². The van der Waals surface area contributed by atoms with Gasteiger partial charge in [-0.3, -0.25) is 14.4 Å². The summed E-state index contributed by atoms with van der Waals surface area (Å²) in [6, 6.07) is 17.4. The zero-order valence-electron chi connectivity index (χ0n) is 20.4. The maximum absolute atomic E-state index is 14.1. The standard InChI is InChI=1S/C29H24ClFN4O3/c1-15(27(36)32-14-20-21(30)10-6-11-22(20)31)33-28(37)24-13-19-16-7-4-5-12-23(16)34-25(19)26-17-8-2-3-9-18(17)29(38)35(24)26/h2-12,15,24,26,34H,13-14H2,1H3,(H,32,36)(H,33,37)/t15-,24-,26+/m0/s1. The first-order valence-corrected chi connectivity index (χ1v) is 12.7. The highest BCUT2D eigenvalue weighted by Gasteiger charge is 2.49. The third-order valence-corrected chi connectivity index (χ3v) is 7.76. The number of H-pyrrole nitrogens is 1. The summed E-state index contributed by atoms with van der Waals surface area (Å²) in [5, 5.41) is 6.60. The van der Waals surface area contributed by atoms with Crippen LogP contribution in [0.5, 0.6) is 0 Å². The van der Waals surface area contributed by atoms with Gasteiger partial charge >= 0.3 is 0 Å². The monoisotopic (exact) mass is 530 g/mol. The zero-order chi connectivity index (χ0) is 26.6. The molecule has 3 heterocycles. The molecule has 0 saturated heterocycles.